The van der Waals surface area contributed by atoms with Crippen LogP contribution in [0.2, 0.25) is 0 Å². The van der Waals surface area contributed by atoms with Gasteiger partial charge in [0.05, 0.1) is 12.3 Å². The standard InChI is InChI=1S/C25H29F3N4O2/c1-16(2)15-33-21-9-7-6-8-20(21)31-22-19(25(26,27)28)14-29-23(32-22)30-17-10-12-18(13-11-17)34-24(3,4)5/h6-14,16H,15H2,1-5H3,(H2,29,30,31,32). The number of hydrogen-bond acceptors (Lipinski definition) is 6. The van der Waals surface area contributed by atoms with Crippen molar-refractivity contribution in [3.05, 3.63) is 60.3 Å². The first-order valence-electron chi connectivity index (χ1n) is 10.9. The maximum atomic E-state index is 13.7. The average molecular weight is 475 g/mol. The van der Waals surface area contributed by atoms with E-state index in [2.05, 4.69) is 20.6 Å². The summed E-state index contributed by atoms with van der Waals surface area (Å²) in [6, 6.07) is 13.8. The van der Waals surface area contributed by atoms with E-state index in [1.807, 2.05) is 34.6 Å². The number of para-hydroxylation sites is 2. The van der Waals surface area contributed by atoms with Crippen LogP contribution in [-0.2, 0) is 6.18 Å². The lowest BCUT2D eigenvalue weighted by molar-refractivity contribution is -0.137. The SMILES string of the molecule is CC(C)COc1ccccc1Nc1nc(Nc2ccc(OC(C)(C)C)cc2)ncc1C(F)(F)F. The highest BCUT2D eigenvalue weighted by molar-refractivity contribution is 5.67. The molecule has 2 N–H and O–H groups in total. The Kier molecular flexibility index (Phi) is 7.54. The minimum absolute atomic E-state index is 0.0144. The molecule has 3 aromatic rings. The topological polar surface area (TPSA) is 68.3 Å². The predicted octanol–water partition coefficient (Wildman–Crippen LogP) is 7.19. The monoisotopic (exact) mass is 474 g/mol. The van der Waals surface area contributed by atoms with E-state index < -0.39 is 11.7 Å². The molecule has 0 atom stereocenters. The molecule has 0 spiro atoms. The molecule has 1 aromatic heterocycles. The molecule has 182 valence electrons. The third-order valence-electron chi connectivity index (χ3n) is 4.34. The Morgan fingerprint density at radius 1 is 0.941 bits per heavy atom. The maximum absolute atomic E-state index is 13.7. The molecular weight excluding hydrogens is 445 g/mol. The first-order valence-corrected chi connectivity index (χ1v) is 10.9. The fraction of sp³-hybridized carbons (Fsp3) is 0.360. The summed E-state index contributed by atoms with van der Waals surface area (Å²) < 4.78 is 52.5. The van der Waals surface area contributed by atoms with E-state index in [-0.39, 0.29) is 23.3 Å². The molecule has 9 heteroatoms. The van der Waals surface area contributed by atoms with E-state index in [0.29, 0.717) is 29.5 Å². The molecule has 0 bridgehead atoms. The van der Waals surface area contributed by atoms with Crippen LogP contribution in [-0.4, -0.2) is 22.2 Å². The zero-order valence-electron chi connectivity index (χ0n) is 19.8. The van der Waals surface area contributed by atoms with E-state index in [4.69, 9.17) is 9.47 Å². The number of anilines is 4. The molecule has 0 unspecified atom stereocenters. The third-order valence-corrected chi connectivity index (χ3v) is 4.34. The number of alkyl halides is 3. The second kappa shape index (κ2) is 10.2. The number of benzene rings is 2. The molecule has 0 saturated carbocycles. The summed E-state index contributed by atoms with van der Waals surface area (Å²) in [6.07, 6.45) is -3.88. The Bertz CT molecular complexity index is 1090. The highest BCUT2D eigenvalue weighted by Gasteiger charge is 2.35. The molecule has 0 saturated heterocycles. The van der Waals surface area contributed by atoms with Gasteiger partial charge in [0.25, 0.3) is 0 Å². The Balaban J connectivity index is 1.87. The first kappa shape index (κ1) is 25.1. The summed E-state index contributed by atoms with van der Waals surface area (Å²) in [5.41, 5.74) is -0.346. The summed E-state index contributed by atoms with van der Waals surface area (Å²) in [6.45, 7) is 10.2. The van der Waals surface area contributed by atoms with Crippen LogP contribution >= 0.6 is 0 Å². The zero-order valence-corrected chi connectivity index (χ0v) is 19.8. The summed E-state index contributed by atoms with van der Waals surface area (Å²) in [5, 5.41) is 5.71. The molecule has 0 amide bonds. The van der Waals surface area contributed by atoms with Crippen LogP contribution in [0.4, 0.5) is 36.3 Å². The molecule has 0 aliphatic heterocycles. The normalized spacial score (nSPS) is 11.9. The van der Waals surface area contributed by atoms with Gasteiger partial charge in [0.1, 0.15) is 28.5 Å². The van der Waals surface area contributed by atoms with Crippen molar-refractivity contribution in [1.29, 1.82) is 0 Å². The predicted molar refractivity (Wildman–Crippen MR) is 127 cm³/mol. The number of nitrogens with zero attached hydrogens (tertiary/aromatic N) is 2. The van der Waals surface area contributed by atoms with Gasteiger partial charge in [-0.1, -0.05) is 26.0 Å². The van der Waals surface area contributed by atoms with Gasteiger partial charge in [-0.15, -0.1) is 0 Å². The van der Waals surface area contributed by atoms with Crippen LogP contribution in [0.3, 0.4) is 0 Å². The lowest BCUT2D eigenvalue weighted by Crippen LogP contribution is -2.22. The summed E-state index contributed by atoms with van der Waals surface area (Å²) in [5.74, 6) is 1.01. The van der Waals surface area contributed by atoms with Crippen molar-refractivity contribution in [2.24, 2.45) is 5.92 Å². The maximum Gasteiger partial charge on any atom is 0.421 e. The molecule has 34 heavy (non-hydrogen) atoms. The minimum Gasteiger partial charge on any atom is -0.491 e. The fourth-order valence-electron chi connectivity index (χ4n) is 2.91. The molecule has 6 nitrogen and oxygen atoms in total. The molecule has 3 rings (SSSR count). The van der Waals surface area contributed by atoms with E-state index in [9.17, 15) is 13.2 Å². The van der Waals surface area contributed by atoms with Crippen molar-refractivity contribution in [2.45, 2.75) is 46.4 Å². The summed E-state index contributed by atoms with van der Waals surface area (Å²) in [7, 11) is 0. The van der Waals surface area contributed by atoms with Gasteiger partial charge in [0.15, 0.2) is 0 Å². The van der Waals surface area contributed by atoms with E-state index >= 15 is 0 Å². The van der Waals surface area contributed by atoms with Gasteiger partial charge >= 0.3 is 6.18 Å². The number of aromatic nitrogens is 2. The first-order chi connectivity index (χ1) is 15.9. The van der Waals surface area contributed by atoms with Gasteiger partial charge in [-0.05, 0) is 63.1 Å². The second-order valence-corrected chi connectivity index (χ2v) is 9.14. The van der Waals surface area contributed by atoms with Gasteiger partial charge in [-0.25, -0.2) is 4.98 Å². The van der Waals surface area contributed by atoms with Gasteiger partial charge in [0.2, 0.25) is 5.95 Å². The summed E-state index contributed by atoms with van der Waals surface area (Å²) >= 11 is 0. The number of hydrogen-bond donors (Lipinski definition) is 2. The number of nitrogens with one attached hydrogen (secondary N) is 2. The van der Waals surface area contributed by atoms with E-state index in [1.54, 1.807) is 48.5 Å². The van der Waals surface area contributed by atoms with Crippen LogP contribution in [0.1, 0.15) is 40.2 Å². The Labute approximate surface area is 197 Å². The lowest BCUT2D eigenvalue weighted by atomic mass is 10.2. The van der Waals surface area contributed by atoms with Crippen molar-refractivity contribution in [1.82, 2.24) is 9.97 Å². The Morgan fingerprint density at radius 2 is 1.62 bits per heavy atom. The van der Waals surface area contributed by atoms with Crippen molar-refractivity contribution in [3.8, 4) is 11.5 Å². The van der Waals surface area contributed by atoms with Crippen molar-refractivity contribution in [2.75, 3.05) is 17.2 Å². The van der Waals surface area contributed by atoms with Crippen LogP contribution < -0.4 is 20.1 Å². The smallest absolute Gasteiger partial charge is 0.421 e. The van der Waals surface area contributed by atoms with Gasteiger partial charge < -0.3 is 20.1 Å². The zero-order chi connectivity index (χ0) is 24.9. The van der Waals surface area contributed by atoms with Crippen molar-refractivity contribution < 1.29 is 22.6 Å². The molecule has 1 heterocycles. The molecule has 0 aliphatic rings. The largest absolute Gasteiger partial charge is 0.491 e. The molecule has 2 aromatic carbocycles. The van der Waals surface area contributed by atoms with Crippen molar-refractivity contribution >= 4 is 23.1 Å². The van der Waals surface area contributed by atoms with Gasteiger partial charge in [-0.3, -0.25) is 0 Å². The lowest BCUT2D eigenvalue weighted by Gasteiger charge is -2.21. The number of halogens is 3. The molecule has 0 aliphatic carbocycles. The molecule has 0 radical (unpaired) electrons. The highest BCUT2D eigenvalue weighted by atomic mass is 19.4. The number of ether oxygens (including phenoxy) is 2. The minimum atomic E-state index is -4.64. The summed E-state index contributed by atoms with van der Waals surface area (Å²) in [4.78, 5) is 7.97. The van der Waals surface area contributed by atoms with E-state index in [1.165, 1.54) is 0 Å². The van der Waals surface area contributed by atoms with E-state index in [0.717, 1.165) is 6.20 Å². The van der Waals surface area contributed by atoms with Crippen molar-refractivity contribution in [3.63, 3.8) is 0 Å². The quantitative estimate of drug-likeness (QED) is 0.360. The Hall–Kier alpha value is -3.49. The van der Waals surface area contributed by atoms with Crippen LogP contribution in [0.5, 0.6) is 11.5 Å². The molecular formula is C25H29F3N4O2. The van der Waals surface area contributed by atoms with Gasteiger partial charge in [-0.2, -0.15) is 18.2 Å². The van der Waals surface area contributed by atoms with Gasteiger partial charge in [0, 0.05) is 11.9 Å². The van der Waals surface area contributed by atoms with Crippen LogP contribution in [0, 0.1) is 5.92 Å². The molecule has 0 fully saturated rings. The highest BCUT2D eigenvalue weighted by Crippen LogP contribution is 2.37. The third kappa shape index (κ3) is 7.26. The fourth-order valence-corrected chi connectivity index (χ4v) is 2.91. The Morgan fingerprint density at radius 3 is 2.24 bits per heavy atom. The van der Waals surface area contributed by atoms with Crippen LogP contribution in [0.15, 0.2) is 54.7 Å². The van der Waals surface area contributed by atoms with Crippen LogP contribution in [0.25, 0.3) is 0 Å². The number of rotatable bonds is 8. The second-order valence-electron chi connectivity index (χ2n) is 9.14. The average Bonchev–Trinajstić information content (AvgIpc) is 2.73.